The van der Waals surface area contributed by atoms with Gasteiger partial charge in [-0.25, -0.2) is 9.48 Å². The molecule has 1 N–H and O–H groups in total. The van der Waals surface area contributed by atoms with E-state index in [1.165, 1.54) is 6.20 Å². The summed E-state index contributed by atoms with van der Waals surface area (Å²) in [7, 11) is 0. The highest BCUT2D eigenvalue weighted by Gasteiger charge is 2.10. The largest absolute Gasteiger partial charge is 0.365 e. The number of amides is 1. The summed E-state index contributed by atoms with van der Waals surface area (Å²) in [6, 6.07) is 12.6. The van der Waals surface area contributed by atoms with Crippen LogP contribution in [0, 0.1) is 13.8 Å². The molecule has 0 bridgehead atoms. The molecule has 3 aromatic rings. The van der Waals surface area contributed by atoms with E-state index < -0.39 is 5.69 Å². The minimum absolute atomic E-state index is 0.208. The third-order valence-corrected chi connectivity index (χ3v) is 4.10. The van der Waals surface area contributed by atoms with Crippen molar-refractivity contribution in [3.05, 3.63) is 75.3 Å². The van der Waals surface area contributed by atoms with Gasteiger partial charge < -0.3 is 5.32 Å². The zero-order chi connectivity index (χ0) is 18.7. The third kappa shape index (κ3) is 4.15. The lowest BCUT2D eigenvalue weighted by atomic mass is 10.1. The first kappa shape index (κ1) is 17.8. The number of nitrogens with zero attached hydrogens (tertiary/aromatic N) is 3. The predicted octanol–water partition coefficient (Wildman–Crippen LogP) is 3.21. The number of carbonyl (C=O) groups excluding carboxylic acids is 1. The molecule has 0 fully saturated rings. The molecule has 0 saturated carbocycles. The van der Waals surface area contributed by atoms with E-state index in [1.807, 2.05) is 32.0 Å². The van der Waals surface area contributed by atoms with Crippen LogP contribution in [0.5, 0.6) is 0 Å². The molecule has 26 heavy (non-hydrogen) atoms. The van der Waals surface area contributed by atoms with Crippen molar-refractivity contribution in [2.24, 2.45) is 0 Å². The predicted molar refractivity (Wildman–Crippen MR) is 101 cm³/mol. The van der Waals surface area contributed by atoms with Crippen LogP contribution in [0.2, 0.25) is 5.02 Å². The number of aromatic nitrogens is 3. The minimum Gasteiger partial charge on any atom is -0.324 e. The number of benzene rings is 2. The molecule has 0 radical (unpaired) electrons. The molecule has 0 atom stereocenters. The highest BCUT2D eigenvalue weighted by Crippen LogP contribution is 2.18. The Hall–Kier alpha value is -2.99. The van der Waals surface area contributed by atoms with Crippen molar-refractivity contribution in [3.8, 4) is 11.3 Å². The molecule has 1 amide bonds. The van der Waals surface area contributed by atoms with E-state index in [9.17, 15) is 9.59 Å². The molecular formula is C19H17ClN4O2. The van der Waals surface area contributed by atoms with Crippen molar-refractivity contribution in [2.45, 2.75) is 20.4 Å². The summed E-state index contributed by atoms with van der Waals surface area (Å²) in [6.07, 6.45) is 1.45. The van der Waals surface area contributed by atoms with Crippen molar-refractivity contribution in [1.29, 1.82) is 0 Å². The summed E-state index contributed by atoms with van der Waals surface area (Å²) in [5, 5.41) is 7.42. The lowest BCUT2D eigenvalue weighted by molar-refractivity contribution is -0.117. The Kier molecular flexibility index (Phi) is 5.14. The van der Waals surface area contributed by atoms with Crippen LogP contribution in [-0.4, -0.2) is 20.7 Å². The monoisotopic (exact) mass is 368 g/mol. The summed E-state index contributed by atoms with van der Waals surface area (Å²) in [5.41, 5.74) is 3.34. The van der Waals surface area contributed by atoms with E-state index >= 15 is 0 Å². The Morgan fingerprint density at radius 1 is 1.15 bits per heavy atom. The van der Waals surface area contributed by atoms with Crippen molar-refractivity contribution in [3.63, 3.8) is 0 Å². The highest BCUT2D eigenvalue weighted by molar-refractivity contribution is 6.30. The first-order chi connectivity index (χ1) is 12.4. The van der Waals surface area contributed by atoms with Gasteiger partial charge in [-0.1, -0.05) is 41.4 Å². The molecule has 1 heterocycles. The van der Waals surface area contributed by atoms with Crippen LogP contribution in [0.4, 0.5) is 5.69 Å². The van der Waals surface area contributed by atoms with Gasteiger partial charge in [-0.15, -0.1) is 0 Å². The van der Waals surface area contributed by atoms with Crippen LogP contribution in [0.3, 0.4) is 0 Å². The Morgan fingerprint density at radius 2 is 1.88 bits per heavy atom. The topological polar surface area (TPSA) is 76.9 Å². The van der Waals surface area contributed by atoms with Gasteiger partial charge in [0, 0.05) is 16.3 Å². The lowest BCUT2D eigenvalue weighted by Crippen LogP contribution is -2.31. The second kappa shape index (κ2) is 7.49. The number of hydrogen-bond donors (Lipinski definition) is 1. The Balaban J connectivity index is 1.74. The molecule has 0 saturated heterocycles. The number of halogens is 1. The van der Waals surface area contributed by atoms with Crippen molar-refractivity contribution in [2.75, 3.05) is 5.32 Å². The van der Waals surface area contributed by atoms with Crippen molar-refractivity contribution >= 4 is 23.2 Å². The van der Waals surface area contributed by atoms with Gasteiger partial charge in [-0.2, -0.15) is 10.1 Å². The molecule has 0 aliphatic carbocycles. The van der Waals surface area contributed by atoms with E-state index in [4.69, 9.17) is 11.6 Å². The van der Waals surface area contributed by atoms with Gasteiger partial charge in [0.05, 0.1) is 11.9 Å². The van der Waals surface area contributed by atoms with Crippen molar-refractivity contribution < 1.29 is 4.79 Å². The molecule has 0 aliphatic rings. The smallest absolute Gasteiger partial charge is 0.324 e. The number of aryl methyl sites for hydroxylation is 2. The lowest BCUT2D eigenvalue weighted by Gasteiger charge is -2.10. The number of carbonyl (C=O) groups is 1. The molecular weight excluding hydrogens is 352 g/mol. The Morgan fingerprint density at radius 3 is 2.54 bits per heavy atom. The van der Waals surface area contributed by atoms with Gasteiger partial charge in [0.25, 0.3) is 0 Å². The van der Waals surface area contributed by atoms with Gasteiger partial charge >= 0.3 is 5.69 Å². The maximum atomic E-state index is 12.2. The zero-order valence-corrected chi connectivity index (χ0v) is 15.1. The van der Waals surface area contributed by atoms with Crippen LogP contribution >= 0.6 is 11.6 Å². The van der Waals surface area contributed by atoms with Crippen LogP contribution in [-0.2, 0) is 11.3 Å². The number of anilines is 1. The van der Waals surface area contributed by atoms with E-state index in [-0.39, 0.29) is 12.5 Å². The fourth-order valence-electron chi connectivity index (χ4n) is 2.51. The van der Waals surface area contributed by atoms with Gasteiger partial charge in [0.1, 0.15) is 6.54 Å². The average Bonchev–Trinajstić information content (AvgIpc) is 2.60. The summed E-state index contributed by atoms with van der Waals surface area (Å²) < 4.78 is 1.03. The quantitative estimate of drug-likeness (QED) is 0.767. The Labute approximate surface area is 155 Å². The summed E-state index contributed by atoms with van der Waals surface area (Å²) in [6.45, 7) is 3.69. The second-order valence-electron chi connectivity index (χ2n) is 5.96. The average molecular weight is 369 g/mol. The minimum atomic E-state index is -0.590. The number of nitrogens with one attached hydrogen (secondary N) is 1. The van der Waals surface area contributed by atoms with E-state index in [2.05, 4.69) is 15.4 Å². The van der Waals surface area contributed by atoms with Crippen molar-refractivity contribution in [1.82, 2.24) is 14.8 Å². The molecule has 3 rings (SSSR count). The zero-order valence-electron chi connectivity index (χ0n) is 14.4. The molecule has 132 valence electrons. The third-order valence-electron chi connectivity index (χ3n) is 3.85. The summed E-state index contributed by atoms with van der Waals surface area (Å²) in [4.78, 5) is 28.4. The maximum Gasteiger partial charge on any atom is 0.365 e. The molecule has 0 aliphatic heterocycles. The molecule has 1 aromatic heterocycles. The van der Waals surface area contributed by atoms with Gasteiger partial charge in [0.2, 0.25) is 5.91 Å². The number of hydrogen-bond acceptors (Lipinski definition) is 4. The molecule has 7 heteroatoms. The molecule has 6 nitrogen and oxygen atoms in total. The standard InChI is InChI=1S/C19H17ClN4O2/c1-12-3-8-16(13(2)9-12)22-18(25)11-24-19(26)23-17(10-21-24)14-4-6-15(20)7-5-14/h3-10H,11H2,1-2H3,(H,22,25). The first-order valence-electron chi connectivity index (χ1n) is 7.99. The van der Waals surface area contributed by atoms with Crippen LogP contribution in [0.25, 0.3) is 11.3 Å². The number of rotatable bonds is 4. The van der Waals surface area contributed by atoms with Gasteiger partial charge in [-0.3, -0.25) is 4.79 Å². The van der Waals surface area contributed by atoms with E-state index in [1.54, 1.807) is 24.3 Å². The van der Waals surface area contributed by atoms with Crippen LogP contribution < -0.4 is 11.0 Å². The molecule has 0 spiro atoms. The second-order valence-corrected chi connectivity index (χ2v) is 6.39. The van der Waals surface area contributed by atoms with E-state index in [0.717, 1.165) is 21.4 Å². The maximum absolute atomic E-state index is 12.2. The Bertz CT molecular complexity index is 1010. The summed E-state index contributed by atoms with van der Waals surface area (Å²) in [5.74, 6) is -0.340. The highest BCUT2D eigenvalue weighted by atomic mass is 35.5. The normalized spacial score (nSPS) is 10.6. The van der Waals surface area contributed by atoms with Gasteiger partial charge in [0.15, 0.2) is 0 Å². The van der Waals surface area contributed by atoms with E-state index in [0.29, 0.717) is 16.4 Å². The van der Waals surface area contributed by atoms with Gasteiger partial charge in [-0.05, 0) is 37.6 Å². The molecule has 2 aromatic carbocycles. The fraction of sp³-hybridized carbons (Fsp3) is 0.158. The SMILES string of the molecule is Cc1ccc(NC(=O)Cn2ncc(-c3ccc(Cl)cc3)nc2=O)c(C)c1. The first-order valence-corrected chi connectivity index (χ1v) is 8.37. The summed E-state index contributed by atoms with van der Waals surface area (Å²) >= 11 is 5.85. The molecule has 0 unspecified atom stereocenters. The fourth-order valence-corrected chi connectivity index (χ4v) is 2.64. The van der Waals surface area contributed by atoms with Crippen LogP contribution in [0.15, 0.2) is 53.5 Å². The van der Waals surface area contributed by atoms with Crippen LogP contribution in [0.1, 0.15) is 11.1 Å².